The molecule has 1 aromatic carbocycles. The quantitative estimate of drug-likeness (QED) is 0.839. The van der Waals surface area contributed by atoms with Gasteiger partial charge in [0.15, 0.2) is 0 Å². The van der Waals surface area contributed by atoms with Gasteiger partial charge in [0.2, 0.25) is 0 Å². The Morgan fingerprint density at radius 3 is 1.68 bits per heavy atom. The molecule has 8 heteroatoms. The lowest BCUT2D eigenvalue weighted by Crippen LogP contribution is -2.27. The molecule has 0 aliphatic carbocycles. The van der Waals surface area contributed by atoms with Crippen LogP contribution in [-0.2, 0) is 18.8 Å². The summed E-state index contributed by atoms with van der Waals surface area (Å²) >= 11 is 0. The van der Waals surface area contributed by atoms with Crippen LogP contribution in [0.4, 0.5) is 26.3 Å². The molecule has 0 amide bonds. The molecule has 3 N–H and O–H groups in total. The molecule has 108 valence electrons. The van der Waals surface area contributed by atoms with Gasteiger partial charge in [-0.15, -0.1) is 0 Å². The number of benzene rings is 1. The molecule has 0 bridgehead atoms. The zero-order valence-corrected chi connectivity index (χ0v) is 9.52. The van der Waals surface area contributed by atoms with Crippen LogP contribution in [0, 0.1) is 0 Å². The summed E-state index contributed by atoms with van der Waals surface area (Å²) in [4.78, 5) is 0. The maximum Gasteiger partial charge on any atom is 0.416 e. The maximum atomic E-state index is 12.5. The minimum atomic E-state index is -4.88. The van der Waals surface area contributed by atoms with Gasteiger partial charge < -0.3 is 10.8 Å². The molecule has 0 aliphatic rings. The van der Waals surface area contributed by atoms with E-state index in [1.165, 1.54) is 0 Å². The summed E-state index contributed by atoms with van der Waals surface area (Å²) in [6.07, 6.45) is -10.0. The van der Waals surface area contributed by atoms with Crippen molar-refractivity contribution in [2.45, 2.75) is 24.8 Å². The largest absolute Gasteiger partial charge is 0.416 e. The summed E-state index contributed by atoms with van der Waals surface area (Å²) in [7, 11) is 0. The predicted molar refractivity (Wildman–Crippen MR) is 55.2 cm³/mol. The van der Waals surface area contributed by atoms with Gasteiger partial charge >= 0.3 is 12.4 Å². The SMILES string of the molecule is N[C@@H](CO)Cc1cc(C(F)(F)F)cc(C(F)(F)F)c1. The molecule has 0 fully saturated rings. The van der Waals surface area contributed by atoms with Gasteiger partial charge in [-0.2, -0.15) is 26.3 Å². The third-order valence-corrected chi connectivity index (χ3v) is 2.38. The lowest BCUT2D eigenvalue weighted by molar-refractivity contribution is -0.143. The monoisotopic (exact) mass is 287 g/mol. The van der Waals surface area contributed by atoms with Crippen molar-refractivity contribution >= 4 is 0 Å². The van der Waals surface area contributed by atoms with Crippen LogP contribution in [0.2, 0.25) is 0 Å². The predicted octanol–water partition coefficient (Wildman–Crippen LogP) is 2.59. The minimum absolute atomic E-state index is 0.0496. The standard InChI is InChI=1S/C11H11F6NO/c12-10(13,14)7-1-6(3-9(18)5-19)2-8(4-7)11(15,16)17/h1-2,4,9,19H,3,5,18H2/t9-/m1/s1. The zero-order chi connectivity index (χ0) is 14.8. The molecule has 0 saturated carbocycles. The Labute approximate surface area is 104 Å². The molecule has 0 spiro atoms. The molecule has 0 aliphatic heterocycles. The molecule has 1 aromatic rings. The van der Waals surface area contributed by atoms with Crippen molar-refractivity contribution in [1.29, 1.82) is 0 Å². The zero-order valence-electron chi connectivity index (χ0n) is 9.52. The summed E-state index contributed by atoms with van der Waals surface area (Å²) in [5.41, 5.74) is 2.32. The molecule has 19 heavy (non-hydrogen) atoms. The highest BCUT2D eigenvalue weighted by atomic mass is 19.4. The highest BCUT2D eigenvalue weighted by Crippen LogP contribution is 2.36. The first-order chi connectivity index (χ1) is 8.54. The molecular weight excluding hydrogens is 276 g/mol. The third-order valence-electron chi connectivity index (χ3n) is 2.38. The van der Waals surface area contributed by atoms with E-state index < -0.39 is 36.1 Å². The average molecular weight is 287 g/mol. The topological polar surface area (TPSA) is 46.2 Å². The van der Waals surface area contributed by atoms with Gasteiger partial charge in [-0.25, -0.2) is 0 Å². The van der Waals surface area contributed by atoms with Crippen molar-refractivity contribution < 1.29 is 31.4 Å². The molecule has 1 atom stereocenters. The first-order valence-corrected chi connectivity index (χ1v) is 5.19. The molecule has 0 saturated heterocycles. The third kappa shape index (κ3) is 4.39. The number of halogens is 6. The van der Waals surface area contributed by atoms with E-state index in [4.69, 9.17) is 10.8 Å². The van der Waals surface area contributed by atoms with Crippen molar-refractivity contribution in [2.24, 2.45) is 5.73 Å². The van der Waals surface area contributed by atoms with Crippen LogP contribution in [0.5, 0.6) is 0 Å². The molecule has 2 nitrogen and oxygen atoms in total. The van der Waals surface area contributed by atoms with E-state index >= 15 is 0 Å². The first-order valence-electron chi connectivity index (χ1n) is 5.19. The van der Waals surface area contributed by atoms with E-state index in [1.807, 2.05) is 0 Å². The molecular formula is C11H11F6NO. The van der Waals surface area contributed by atoms with Gasteiger partial charge in [0.25, 0.3) is 0 Å². The summed E-state index contributed by atoms with van der Waals surface area (Å²) < 4.78 is 75.0. The fraction of sp³-hybridized carbons (Fsp3) is 0.455. The second-order valence-corrected chi connectivity index (χ2v) is 4.06. The first kappa shape index (κ1) is 15.8. The number of alkyl halides is 6. The number of aliphatic hydroxyl groups excluding tert-OH is 1. The van der Waals surface area contributed by atoms with Crippen LogP contribution in [0.1, 0.15) is 16.7 Å². The Bertz CT molecular complexity index is 408. The Balaban J connectivity index is 3.25. The minimum Gasteiger partial charge on any atom is -0.395 e. The summed E-state index contributed by atoms with van der Waals surface area (Å²) in [5.74, 6) is 0. The number of rotatable bonds is 3. The summed E-state index contributed by atoms with van der Waals surface area (Å²) in [5, 5.41) is 8.68. The lowest BCUT2D eigenvalue weighted by atomic mass is 10.00. The average Bonchev–Trinajstić information content (AvgIpc) is 2.26. The molecule has 0 heterocycles. The molecule has 1 rings (SSSR count). The van der Waals surface area contributed by atoms with Crippen LogP contribution in [0.15, 0.2) is 18.2 Å². The van der Waals surface area contributed by atoms with E-state index in [9.17, 15) is 26.3 Å². The van der Waals surface area contributed by atoms with Gasteiger partial charge in [0.05, 0.1) is 17.7 Å². The van der Waals surface area contributed by atoms with Crippen LogP contribution in [-0.4, -0.2) is 17.8 Å². The lowest BCUT2D eigenvalue weighted by Gasteiger charge is -2.15. The molecule has 0 unspecified atom stereocenters. The highest BCUT2D eigenvalue weighted by Gasteiger charge is 2.36. The molecule has 0 radical (unpaired) electrons. The summed E-state index contributed by atoms with van der Waals surface area (Å²) in [6.45, 7) is -0.530. The fourth-order valence-electron chi connectivity index (χ4n) is 1.50. The number of hydrogen-bond donors (Lipinski definition) is 2. The molecule has 0 aromatic heterocycles. The Kier molecular flexibility index (Phi) is 4.46. The summed E-state index contributed by atoms with van der Waals surface area (Å²) in [6, 6.07) is 0.341. The van der Waals surface area contributed by atoms with Gasteiger partial charge in [0.1, 0.15) is 0 Å². The Morgan fingerprint density at radius 1 is 0.947 bits per heavy atom. The van der Waals surface area contributed by atoms with Gasteiger partial charge in [-0.1, -0.05) is 0 Å². The van der Waals surface area contributed by atoms with E-state index in [1.54, 1.807) is 0 Å². The Morgan fingerprint density at radius 2 is 1.37 bits per heavy atom. The second-order valence-electron chi connectivity index (χ2n) is 4.06. The smallest absolute Gasteiger partial charge is 0.395 e. The highest BCUT2D eigenvalue weighted by molar-refractivity contribution is 5.34. The second kappa shape index (κ2) is 5.38. The van der Waals surface area contributed by atoms with Crippen molar-refractivity contribution in [3.8, 4) is 0 Å². The van der Waals surface area contributed by atoms with Crippen LogP contribution < -0.4 is 5.73 Å². The van der Waals surface area contributed by atoms with Crippen molar-refractivity contribution in [2.75, 3.05) is 6.61 Å². The number of aliphatic hydroxyl groups is 1. The fourth-order valence-corrected chi connectivity index (χ4v) is 1.50. The van der Waals surface area contributed by atoms with Gasteiger partial charge in [0, 0.05) is 6.04 Å². The van der Waals surface area contributed by atoms with Crippen LogP contribution in [0.3, 0.4) is 0 Å². The number of hydrogen-bond acceptors (Lipinski definition) is 2. The van der Waals surface area contributed by atoms with Crippen molar-refractivity contribution in [3.63, 3.8) is 0 Å². The van der Waals surface area contributed by atoms with Gasteiger partial charge in [-0.05, 0) is 30.2 Å². The normalized spacial score (nSPS) is 14.5. The van der Waals surface area contributed by atoms with Crippen LogP contribution >= 0.6 is 0 Å². The van der Waals surface area contributed by atoms with E-state index in [-0.39, 0.29) is 18.1 Å². The number of nitrogens with two attached hydrogens (primary N) is 1. The maximum absolute atomic E-state index is 12.5. The van der Waals surface area contributed by atoms with E-state index in [0.29, 0.717) is 12.1 Å². The van der Waals surface area contributed by atoms with Gasteiger partial charge in [-0.3, -0.25) is 0 Å². The van der Waals surface area contributed by atoms with Crippen molar-refractivity contribution in [3.05, 3.63) is 34.9 Å². The Hall–Kier alpha value is -1.28. The van der Waals surface area contributed by atoms with E-state index in [2.05, 4.69) is 0 Å². The van der Waals surface area contributed by atoms with Crippen LogP contribution in [0.25, 0.3) is 0 Å². The van der Waals surface area contributed by atoms with E-state index in [0.717, 1.165) is 0 Å². The van der Waals surface area contributed by atoms with Crippen molar-refractivity contribution in [1.82, 2.24) is 0 Å².